The number of aryl methyl sites for hydroxylation is 2. The van der Waals surface area contributed by atoms with E-state index in [1.807, 2.05) is 43.0 Å². The minimum absolute atomic E-state index is 0.0405. The summed E-state index contributed by atoms with van der Waals surface area (Å²) in [7, 11) is 0. The Balaban J connectivity index is 1.83. The summed E-state index contributed by atoms with van der Waals surface area (Å²) >= 11 is 3.46. The predicted molar refractivity (Wildman–Crippen MR) is 92.5 cm³/mol. The Kier molecular flexibility index (Phi) is 4.71. The largest absolute Gasteiger partial charge is 0.361 e. The molecule has 0 radical (unpaired) electrons. The van der Waals surface area contributed by atoms with Gasteiger partial charge in [0.15, 0.2) is 0 Å². The molecule has 122 valence electrons. The third kappa shape index (κ3) is 3.13. The van der Waals surface area contributed by atoms with E-state index in [1.165, 1.54) is 0 Å². The molecular weight excluding hydrogens is 358 g/mol. The molecule has 1 aromatic heterocycles. The predicted octanol–water partition coefficient (Wildman–Crippen LogP) is 4.68. The summed E-state index contributed by atoms with van der Waals surface area (Å²) in [6.07, 6.45) is 2.71. The van der Waals surface area contributed by atoms with Crippen LogP contribution in [-0.4, -0.2) is 22.6 Å². The van der Waals surface area contributed by atoms with Gasteiger partial charge in [0.1, 0.15) is 5.76 Å². The van der Waals surface area contributed by atoms with Crippen LogP contribution in [0.4, 0.5) is 10.5 Å². The molecule has 2 heterocycles. The SMILES string of the molecule is CCc1onc(C)c1C1CCCN1C(=O)Nc1ccccc1Br. The van der Waals surface area contributed by atoms with Crippen molar-refractivity contribution >= 4 is 27.6 Å². The first-order valence-electron chi connectivity index (χ1n) is 7.89. The van der Waals surface area contributed by atoms with E-state index in [4.69, 9.17) is 4.52 Å². The molecule has 0 spiro atoms. The second-order valence-corrected chi connectivity index (χ2v) is 6.57. The van der Waals surface area contributed by atoms with Gasteiger partial charge >= 0.3 is 6.03 Å². The van der Waals surface area contributed by atoms with Gasteiger partial charge in [-0.3, -0.25) is 0 Å². The van der Waals surface area contributed by atoms with Crippen LogP contribution in [-0.2, 0) is 6.42 Å². The zero-order chi connectivity index (χ0) is 16.4. The van der Waals surface area contributed by atoms with Gasteiger partial charge in [-0.1, -0.05) is 24.2 Å². The Morgan fingerprint density at radius 3 is 3.00 bits per heavy atom. The first-order valence-corrected chi connectivity index (χ1v) is 8.68. The summed E-state index contributed by atoms with van der Waals surface area (Å²) in [4.78, 5) is 14.6. The lowest BCUT2D eigenvalue weighted by molar-refractivity contribution is 0.206. The van der Waals surface area contributed by atoms with E-state index in [1.54, 1.807) is 0 Å². The standard InChI is InChI=1S/C17H20BrN3O2/c1-3-15-16(11(2)20-23-15)14-9-6-10-21(14)17(22)19-13-8-5-4-7-12(13)18/h4-5,7-8,14H,3,6,9-10H2,1-2H3,(H,19,22). The minimum atomic E-state index is -0.0814. The van der Waals surface area contributed by atoms with E-state index in [0.29, 0.717) is 0 Å². The van der Waals surface area contributed by atoms with Crippen molar-refractivity contribution in [3.63, 3.8) is 0 Å². The summed E-state index contributed by atoms with van der Waals surface area (Å²) in [5.41, 5.74) is 2.74. The van der Waals surface area contributed by atoms with Crippen molar-refractivity contribution in [2.75, 3.05) is 11.9 Å². The molecule has 6 heteroatoms. The van der Waals surface area contributed by atoms with E-state index >= 15 is 0 Å². The molecule has 1 N–H and O–H groups in total. The van der Waals surface area contributed by atoms with Gasteiger partial charge in [-0.25, -0.2) is 4.79 Å². The van der Waals surface area contributed by atoms with E-state index in [2.05, 4.69) is 26.4 Å². The van der Waals surface area contributed by atoms with Crippen LogP contribution in [0.25, 0.3) is 0 Å². The lowest BCUT2D eigenvalue weighted by Crippen LogP contribution is -2.35. The Labute approximate surface area is 144 Å². The third-order valence-electron chi connectivity index (χ3n) is 4.27. The van der Waals surface area contributed by atoms with Gasteiger partial charge in [0.2, 0.25) is 0 Å². The molecule has 3 rings (SSSR count). The second kappa shape index (κ2) is 6.74. The summed E-state index contributed by atoms with van der Waals surface area (Å²) in [6.45, 7) is 4.73. The Morgan fingerprint density at radius 2 is 2.26 bits per heavy atom. The van der Waals surface area contributed by atoms with Gasteiger partial charge in [0, 0.05) is 23.0 Å². The number of benzene rings is 1. The van der Waals surface area contributed by atoms with Gasteiger partial charge in [-0.2, -0.15) is 0 Å². The molecule has 0 aliphatic carbocycles. The quantitative estimate of drug-likeness (QED) is 0.844. The summed E-state index contributed by atoms with van der Waals surface area (Å²) in [5.74, 6) is 0.882. The fraction of sp³-hybridized carbons (Fsp3) is 0.412. The number of carbonyl (C=O) groups excluding carboxylic acids is 1. The van der Waals surface area contributed by atoms with Crippen LogP contribution >= 0.6 is 15.9 Å². The van der Waals surface area contributed by atoms with E-state index in [9.17, 15) is 4.79 Å². The zero-order valence-corrected chi connectivity index (χ0v) is 14.9. The number of para-hydroxylation sites is 1. The maximum Gasteiger partial charge on any atom is 0.322 e. The Hall–Kier alpha value is -1.82. The van der Waals surface area contributed by atoms with E-state index in [-0.39, 0.29) is 12.1 Å². The molecule has 0 bridgehead atoms. The van der Waals surface area contributed by atoms with Crippen LogP contribution in [0.3, 0.4) is 0 Å². The molecule has 5 nitrogen and oxygen atoms in total. The molecule has 1 aromatic carbocycles. The van der Waals surface area contributed by atoms with Crippen LogP contribution in [0.1, 0.15) is 42.8 Å². The topological polar surface area (TPSA) is 58.4 Å². The number of hydrogen-bond donors (Lipinski definition) is 1. The zero-order valence-electron chi connectivity index (χ0n) is 13.3. The van der Waals surface area contributed by atoms with Crippen molar-refractivity contribution in [2.24, 2.45) is 0 Å². The van der Waals surface area contributed by atoms with Crippen LogP contribution in [0.2, 0.25) is 0 Å². The fourth-order valence-electron chi connectivity index (χ4n) is 3.17. The van der Waals surface area contributed by atoms with E-state index < -0.39 is 0 Å². The molecular formula is C17H20BrN3O2. The lowest BCUT2D eigenvalue weighted by Gasteiger charge is -2.25. The molecule has 0 saturated carbocycles. The van der Waals surface area contributed by atoms with Crippen molar-refractivity contribution in [2.45, 2.75) is 39.2 Å². The molecule has 1 fully saturated rings. The molecule has 1 aliphatic rings. The van der Waals surface area contributed by atoms with Gasteiger partial charge in [-0.15, -0.1) is 0 Å². The van der Waals surface area contributed by atoms with Crippen molar-refractivity contribution in [1.82, 2.24) is 10.1 Å². The van der Waals surface area contributed by atoms with Gasteiger partial charge in [-0.05, 0) is 47.8 Å². The highest BCUT2D eigenvalue weighted by atomic mass is 79.9. The number of aromatic nitrogens is 1. The lowest BCUT2D eigenvalue weighted by atomic mass is 10.0. The number of halogens is 1. The maximum absolute atomic E-state index is 12.7. The molecule has 1 aliphatic heterocycles. The van der Waals surface area contributed by atoms with Crippen molar-refractivity contribution < 1.29 is 9.32 Å². The first-order chi connectivity index (χ1) is 11.1. The summed E-state index contributed by atoms with van der Waals surface area (Å²) in [5, 5.41) is 7.07. The fourth-order valence-corrected chi connectivity index (χ4v) is 3.55. The average molecular weight is 378 g/mol. The average Bonchev–Trinajstić information content (AvgIpc) is 3.15. The number of urea groups is 1. The van der Waals surface area contributed by atoms with Crippen LogP contribution in [0.15, 0.2) is 33.3 Å². The monoisotopic (exact) mass is 377 g/mol. The summed E-state index contributed by atoms with van der Waals surface area (Å²) < 4.78 is 6.28. The highest BCUT2D eigenvalue weighted by Crippen LogP contribution is 2.36. The smallest absolute Gasteiger partial charge is 0.322 e. The normalized spacial score (nSPS) is 17.5. The Bertz CT molecular complexity index is 714. The number of nitrogens with zero attached hydrogens (tertiary/aromatic N) is 2. The number of hydrogen-bond acceptors (Lipinski definition) is 3. The molecule has 2 amide bonds. The summed E-state index contributed by atoms with van der Waals surface area (Å²) in [6, 6.07) is 7.58. The number of rotatable bonds is 3. The van der Waals surface area contributed by atoms with Crippen molar-refractivity contribution in [3.8, 4) is 0 Å². The van der Waals surface area contributed by atoms with Gasteiger partial charge < -0.3 is 14.7 Å². The molecule has 1 atom stereocenters. The van der Waals surface area contributed by atoms with Crippen LogP contribution in [0, 0.1) is 6.92 Å². The molecule has 1 saturated heterocycles. The number of amides is 2. The third-order valence-corrected chi connectivity index (χ3v) is 4.96. The molecule has 2 aromatic rings. The van der Waals surface area contributed by atoms with Crippen LogP contribution in [0.5, 0.6) is 0 Å². The van der Waals surface area contributed by atoms with Crippen molar-refractivity contribution in [1.29, 1.82) is 0 Å². The van der Waals surface area contributed by atoms with E-state index in [0.717, 1.165) is 53.0 Å². The number of nitrogens with one attached hydrogen (secondary N) is 1. The highest BCUT2D eigenvalue weighted by Gasteiger charge is 2.34. The van der Waals surface area contributed by atoms with Gasteiger partial charge in [0.05, 0.1) is 17.4 Å². The van der Waals surface area contributed by atoms with Gasteiger partial charge in [0.25, 0.3) is 0 Å². The minimum Gasteiger partial charge on any atom is -0.361 e. The van der Waals surface area contributed by atoms with Crippen LogP contribution < -0.4 is 5.32 Å². The van der Waals surface area contributed by atoms with Crippen molar-refractivity contribution in [3.05, 3.63) is 45.8 Å². The number of anilines is 1. The number of likely N-dealkylation sites (tertiary alicyclic amines) is 1. The highest BCUT2D eigenvalue weighted by molar-refractivity contribution is 9.10. The Morgan fingerprint density at radius 1 is 1.48 bits per heavy atom. The maximum atomic E-state index is 12.7. The number of carbonyl (C=O) groups is 1. The molecule has 23 heavy (non-hydrogen) atoms. The first kappa shape index (κ1) is 16.1. The second-order valence-electron chi connectivity index (χ2n) is 5.72. The molecule has 1 unspecified atom stereocenters.